The van der Waals surface area contributed by atoms with Crippen molar-refractivity contribution >= 4 is 20.6 Å². The topological polar surface area (TPSA) is 40.9 Å². The zero-order chi connectivity index (χ0) is 6.28. The molecule has 0 saturated carbocycles. The smallest absolute Gasteiger partial charge is 0.194 e. The molecule has 0 aromatic carbocycles. The first-order valence-corrected chi connectivity index (χ1v) is 2.41. The van der Waals surface area contributed by atoms with E-state index in [0.717, 1.165) is 0 Å². The Hall–Kier alpha value is -0.360. The highest BCUT2D eigenvalue weighted by molar-refractivity contribution is 9.18. The molecule has 0 aromatic rings. The van der Waals surface area contributed by atoms with Gasteiger partial charge in [0.05, 0.1) is 6.07 Å². The standard InChI is InChI=1S/C2H3BrO.C2H3N/c1-2(3)4;1-2-3/h1H3;1H3. The molecule has 0 unspecified atom stereocenters. The Bertz CT molecular complexity index is 80.2. The molecule has 0 fully saturated rings. The Morgan fingerprint density at radius 2 is 1.86 bits per heavy atom. The van der Waals surface area contributed by atoms with Crippen molar-refractivity contribution in [3.05, 3.63) is 0 Å². The van der Waals surface area contributed by atoms with Crippen LogP contribution in [0.1, 0.15) is 13.8 Å². The maximum Gasteiger partial charge on any atom is 0.194 e. The highest BCUT2D eigenvalue weighted by atomic mass is 79.9. The van der Waals surface area contributed by atoms with E-state index < -0.39 is 0 Å². The zero-order valence-corrected chi connectivity index (χ0v) is 5.82. The second-order valence-corrected chi connectivity index (χ2v) is 1.81. The van der Waals surface area contributed by atoms with E-state index in [4.69, 9.17) is 5.26 Å². The molecule has 0 atom stereocenters. The van der Waals surface area contributed by atoms with Gasteiger partial charge in [-0.2, -0.15) is 5.26 Å². The maximum atomic E-state index is 9.36. The lowest BCUT2D eigenvalue weighted by Crippen LogP contribution is -1.60. The van der Waals surface area contributed by atoms with Crippen LogP contribution in [0.2, 0.25) is 0 Å². The van der Waals surface area contributed by atoms with Crippen LogP contribution in [0.3, 0.4) is 0 Å². The van der Waals surface area contributed by atoms with E-state index in [1.165, 1.54) is 13.8 Å². The number of hydrogen-bond donors (Lipinski definition) is 0. The predicted octanol–water partition coefficient (Wildman–Crippen LogP) is 1.46. The fourth-order valence-corrected chi connectivity index (χ4v) is 0. The summed E-state index contributed by atoms with van der Waals surface area (Å²) in [4.78, 5) is 9.36. The minimum absolute atomic E-state index is 0.0208. The van der Waals surface area contributed by atoms with E-state index in [-0.39, 0.29) is 4.69 Å². The van der Waals surface area contributed by atoms with Crippen LogP contribution in [0.5, 0.6) is 0 Å². The second-order valence-electron chi connectivity index (χ2n) is 0.694. The number of rotatable bonds is 0. The van der Waals surface area contributed by atoms with E-state index in [2.05, 4.69) is 15.9 Å². The Labute approximate surface area is 51.3 Å². The minimum atomic E-state index is -0.0208. The van der Waals surface area contributed by atoms with Gasteiger partial charge >= 0.3 is 0 Å². The quantitative estimate of drug-likeness (QED) is 0.508. The summed E-state index contributed by atoms with van der Waals surface area (Å²) in [6, 6.07) is 1.75. The Balaban J connectivity index is 0. The molecule has 0 N–H and O–H groups in total. The Kier molecular flexibility index (Phi) is 12.8. The Morgan fingerprint density at radius 3 is 1.86 bits per heavy atom. The zero-order valence-electron chi connectivity index (χ0n) is 4.23. The van der Waals surface area contributed by atoms with E-state index in [0.29, 0.717) is 0 Å². The van der Waals surface area contributed by atoms with Gasteiger partial charge in [0.15, 0.2) is 4.69 Å². The number of carbonyl (C=O) groups is 1. The Morgan fingerprint density at radius 1 is 1.86 bits per heavy atom. The van der Waals surface area contributed by atoms with Gasteiger partial charge in [-0.25, -0.2) is 0 Å². The van der Waals surface area contributed by atoms with Crippen molar-refractivity contribution < 1.29 is 4.79 Å². The third-order valence-corrected chi connectivity index (χ3v) is 0. The molecule has 40 valence electrons. The molecule has 0 saturated heterocycles. The molecule has 0 bridgehead atoms. The lowest BCUT2D eigenvalue weighted by molar-refractivity contribution is -0.108. The monoisotopic (exact) mass is 163 g/mol. The van der Waals surface area contributed by atoms with Crippen molar-refractivity contribution in [3.63, 3.8) is 0 Å². The molecule has 0 aliphatic carbocycles. The summed E-state index contributed by atoms with van der Waals surface area (Å²) in [5, 5.41) is 7.32. The van der Waals surface area contributed by atoms with Gasteiger partial charge in [0.25, 0.3) is 0 Å². The van der Waals surface area contributed by atoms with Crippen LogP contribution in [0.15, 0.2) is 0 Å². The molecule has 0 radical (unpaired) electrons. The van der Waals surface area contributed by atoms with Crippen molar-refractivity contribution in [3.8, 4) is 6.07 Å². The average molecular weight is 164 g/mol. The molecule has 0 amide bonds. The largest absolute Gasteiger partial charge is 0.287 e. The number of nitrogens with zero attached hydrogens (tertiary/aromatic N) is 1. The molecule has 7 heavy (non-hydrogen) atoms. The SMILES string of the molecule is CC#N.CC(=O)Br. The molecular formula is C4H6BrNO. The van der Waals surface area contributed by atoms with Crippen molar-refractivity contribution in [1.29, 1.82) is 5.26 Å². The highest BCUT2D eigenvalue weighted by Crippen LogP contribution is 1.74. The first kappa shape index (κ1) is 9.81. The van der Waals surface area contributed by atoms with Crippen LogP contribution in [0.25, 0.3) is 0 Å². The number of halogens is 1. The fraction of sp³-hybridized carbons (Fsp3) is 0.500. The molecule has 0 aliphatic heterocycles. The van der Waals surface area contributed by atoms with Gasteiger partial charge in [-0.3, -0.25) is 4.79 Å². The van der Waals surface area contributed by atoms with Crippen LogP contribution in [-0.2, 0) is 4.79 Å². The van der Waals surface area contributed by atoms with Crippen LogP contribution in [0, 0.1) is 11.3 Å². The lowest BCUT2D eigenvalue weighted by atomic mass is 11.0. The summed E-state index contributed by atoms with van der Waals surface area (Å²) < 4.78 is -0.0208. The van der Waals surface area contributed by atoms with Crippen molar-refractivity contribution in [2.24, 2.45) is 0 Å². The second kappa shape index (κ2) is 9.16. The third-order valence-electron chi connectivity index (χ3n) is 0. The average Bonchev–Trinajstić information content (AvgIpc) is 1.33. The minimum Gasteiger partial charge on any atom is -0.287 e. The van der Waals surface area contributed by atoms with Crippen LogP contribution in [0.4, 0.5) is 0 Å². The first-order valence-electron chi connectivity index (χ1n) is 1.62. The number of carbonyl (C=O) groups excluding carboxylic acids is 1. The lowest BCUT2D eigenvalue weighted by Gasteiger charge is -1.52. The molecule has 2 nitrogen and oxygen atoms in total. The predicted molar refractivity (Wildman–Crippen MR) is 30.9 cm³/mol. The van der Waals surface area contributed by atoms with Crippen molar-refractivity contribution in [2.45, 2.75) is 13.8 Å². The molecule has 0 aromatic heterocycles. The van der Waals surface area contributed by atoms with Crippen LogP contribution in [-0.4, -0.2) is 4.69 Å². The highest BCUT2D eigenvalue weighted by Gasteiger charge is 1.66. The van der Waals surface area contributed by atoms with E-state index in [9.17, 15) is 4.79 Å². The molecule has 0 heterocycles. The van der Waals surface area contributed by atoms with Gasteiger partial charge in [-0.15, -0.1) is 0 Å². The fourth-order valence-electron chi connectivity index (χ4n) is 0. The third kappa shape index (κ3) is 577. The summed E-state index contributed by atoms with van der Waals surface area (Å²) >= 11 is 2.63. The summed E-state index contributed by atoms with van der Waals surface area (Å²) in [6.07, 6.45) is 0. The molecule has 0 rings (SSSR count). The van der Waals surface area contributed by atoms with Crippen LogP contribution >= 0.6 is 15.9 Å². The summed E-state index contributed by atoms with van der Waals surface area (Å²) in [7, 11) is 0. The van der Waals surface area contributed by atoms with Crippen molar-refractivity contribution in [2.75, 3.05) is 0 Å². The van der Waals surface area contributed by atoms with Gasteiger partial charge < -0.3 is 0 Å². The molecular weight excluding hydrogens is 158 g/mol. The molecule has 0 spiro atoms. The van der Waals surface area contributed by atoms with E-state index >= 15 is 0 Å². The van der Waals surface area contributed by atoms with Gasteiger partial charge in [-0.1, -0.05) is 0 Å². The van der Waals surface area contributed by atoms with E-state index in [1.54, 1.807) is 6.07 Å². The maximum absolute atomic E-state index is 9.36. The van der Waals surface area contributed by atoms with Gasteiger partial charge in [0, 0.05) is 13.8 Å². The summed E-state index contributed by atoms with van der Waals surface area (Å²) in [6.45, 7) is 2.88. The number of nitriles is 1. The normalized spacial score (nSPS) is 4.86. The number of hydrogen-bond acceptors (Lipinski definition) is 2. The van der Waals surface area contributed by atoms with Gasteiger partial charge in [0.1, 0.15) is 0 Å². The first-order chi connectivity index (χ1) is 3.15. The van der Waals surface area contributed by atoms with Crippen LogP contribution < -0.4 is 0 Å². The molecule has 0 aliphatic rings. The summed E-state index contributed by atoms with van der Waals surface area (Å²) in [5.41, 5.74) is 0. The van der Waals surface area contributed by atoms with Gasteiger partial charge in [0.2, 0.25) is 0 Å². The molecule has 3 heteroatoms. The van der Waals surface area contributed by atoms with Gasteiger partial charge in [-0.05, 0) is 15.9 Å². The summed E-state index contributed by atoms with van der Waals surface area (Å²) in [5.74, 6) is 0. The van der Waals surface area contributed by atoms with Crippen molar-refractivity contribution in [1.82, 2.24) is 0 Å². The van der Waals surface area contributed by atoms with E-state index in [1.807, 2.05) is 0 Å².